The Morgan fingerprint density at radius 2 is 1.62 bits per heavy atom. The van der Waals surface area contributed by atoms with Crippen LogP contribution >= 0.6 is 0 Å². The molecule has 2 amide bonds. The number of nitrogens with zero attached hydrogens (tertiary/aromatic N) is 2. The number of aryl methyl sites for hydroxylation is 2. The molecule has 0 unspecified atom stereocenters. The van der Waals surface area contributed by atoms with E-state index in [0.29, 0.717) is 6.54 Å². The second kappa shape index (κ2) is 7.39. The zero-order valence-electron chi connectivity index (χ0n) is 14.5. The van der Waals surface area contributed by atoms with Gasteiger partial charge in [0, 0.05) is 38.4 Å². The molecule has 2 aromatic carbocycles. The summed E-state index contributed by atoms with van der Waals surface area (Å²) in [5.41, 5.74) is 4.93. The molecule has 24 heavy (non-hydrogen) atoms. The molecular formula is C20H25N3O. The number of piperazine rings is 1. The van der Waals surface area contributed by atoms with Crippen LogP contribution in [0.5, 0.6) is 0 Å². The first-order valence-corrected chi connectivity index (χ1v) is 8.52. The maximum Gasteiger partial charge on any atom is 0.317 e. The van der Waals surface area contributed by atoms with E-state index < -0.39 is 0 Å². The number of para-hydroxylation sites is 1. The number of carbonyl (C=O) groups is 1. The molecule has 1 aliphatic rings. The molecule has 2 aromatic rings. The van der Waals surface area contributed by atoms with Gasteiger partial charge in [0.1, 0.15) is 0 Å². The normalized spacial score (nSPS) is 14.6. The van der Waals surface area contributed by atoms with Crippen molar-refractivity contribution in [2.75, 3.05) is 31.1 Å². The molecule has 1 aliphatic heterocycles. The van der Waals surface area contributed by atoms with Crippen LogP contribution in [-0.2, 0) is 6.54 Å². The van der Waals surface area contributed by atoms with Crippen molar-refractivity contribution >= 4 is 11.7 Å². The molecule has 0 saturated carbocycles. The summed E-state index contributed by atoms with van der Waals surface area (Å²) >= 11 is 0. The fraction of sp³-hybridized carbons (Fsp3) is 0.350. The minimum atomic E-state index is 0.0278. The second-order valence-corrected chi connectivity index (χ2v) is 6.40. The van der Waals surface area contributed by atoms with Crippen molar-refractivity contribution in [2.45, 2.75) is 20.4 Å². The average molecular weight is 323 g/mol. The molecule has 3 rings (SSSR count). The maximum absolute atomic E-state index is 12.3. The van der Waals surface area contributed by atoms with Crippen LogP contribution in [0.25, 0.3) is 0 Å². The predicted molar refractivity (Wildman–Crippen MR) is 98.4 cm³/mol. The van der Waals surface area contributed by atoms with E-state index >= 15 is 0 Å². The van der Waals surface area contributed by atoms with Gasteiger partial charge < -0.3 is 15.1 Å². The standard InChI is InChI=1S/C20H25N3O/c1-16-7-9-18(10-8-16)15-21-20(24)23-13-11-22(12-14-23)19-6-4-3-5-17(19)2/h3-10H,11-15H2,1-2H3,(H,21,24). The molecule has 1 N–H and O–H groups in total. The van der Waals surface area contributed by atoms with Gasteiger partial charge in [-0.15, -0.1) is 0 Å². The Kier molecular flexibility index (Phi) is 5.04. The molecule has 0 bridgehead atoms. The maximum atomic E-state index is 12.3. The van der Waals surface area contributed by atoms with E-state index in [1.807, 2.05) is 4.90 Å². The predicted octanol–water partition coefficient (Wildman–Crippen LogP) is 3.34. The Labute approximate surface area is 144 Å². The van der Waals surface area contributed by atoms with Crippen molar-refractivity contribution in [3.63, 3.8) is 0 Å². The molecule has 4 heteroatoms. The lowest BCUT2D eigenvalue weighted by atomic mass is 10.1. The summed E-state index contributed by atoms with van der Waals surface area (Å²) in [5.74, 6) is 0. The van der Waals surface area contributed by atoms with Crippen molar-refractivity contribution in [3.05, 3.63) is 65.2 Å². The molecule has 126 valence electrons. The summed E-state index contributed by atoms with van der Waals surface area (Å²) in [7, 11) is 0. The first kappa shape index (κ1) is 16.4. The molecule has 1 saturated heterocycles. The van der Waals surface area contributed by atoms with E-state index in [2.05, 4.69) is 72.6 Å². The zero-order valence-corrected chi connectivity index (χ0v) is 14.5. The molecule has 0 aliphatic carbocycles. The number of rotatable bonds is 3. The van der Waals surface area contributed by atoms with Crippen LogP contribution in [0.15, 0.2) is 48.5 Å². The molecular weight excluding hydrogens is 298 g/mol. The highest BCUT2D eigenvalue weighted by atomic mass is 16.2. The molecule has 1 heterocycles. The molecule has 0 radical (unpaired) electrons. The van der Waals surface area contributed by atoms with Crippen LogP contribution < -0.4 is 10.2 Å². The van der Waals surface area contributed by atoms with Crippen molar-refractivity contribution in [1.82, 2.24) is 10.2 Å². The summed E-state index contributed by atoms with van der Waals surface area (Å²) in [4.78, 5) is 16.6. The third-order valence-corrected chi connectivity index (χ3v) is 4.59. The van der Waals surface area contributed by atoms with Gasteiger partial charge in [-0.2, -0.15) is 0 Å². The number of urea groups is 1. The van der Waals surface area contributed by atoms with Crippen LogP contribution in [0.1, 0.15) is 16.7 Å². The van der Waals surface area contributed by atoms with E-state index in [1.54, 1.807) is 0 Å². The minimum absolute atomic E-state index is 0.0278. The first-order chi connectivity index (χ1) is 11.6. The Bertz CT molecular complexity index is 688. The topological polar surface area (TPSA) is 35.6 Å². The first-order valence-electron chi connectivity index (χ1n) is 8.52. The summed E-state index contributed by atoms with van der Waals surface area (Å²) in [6.45, 7) is 8.05. The van der Waals surface area contributed by atoms with E-state index in [0.717, 1.165) is 31.7 Å². The fourth-order valence-electron chi connectivity index (χ4n) is 3.06. The lowest BCUT2D eigenvalue weighted by molar-refractivity contribution is 0.194. The van der Waals surface area contributed by atoms with Gasteiger partial charge in [-0.1, -0.05) is 48.0 Å². The Hall–Kier alpha value is -2.49. The number of amides is 2. The quantitative estimate of drug-likeness (QED) is 0.940. The summed E-state index contributed by atoms with van der Waals surface area (Å²) in [6.07, 6.45) is 0. The highest BCUT2D eigenvalue weighted by Crippen LogP contribution is 2.20. The second-order valence-electron chi connectivity index (χ2n) is 6.40. The Balaban J connectivity index is 1.50. The summed E-state index contributed by atoms with van der Waals surface area (Å²) in [6, 6.07) is 16.7. The van der Waals surface area contributed by atoms with Crippen LogP contribution in [0.3, 0.4) is 0 Å². The van der Waals surface area contributed by atoms with Crippen molar-refractivity contribution in [2.24, 2.45) is 0 Å². The van der Waals surface area contributed by atoms with Crippen LogP contribution in [0, 0.1) is 13.8 Å². The number of hydrogen-bond acceptors (Lipinski definition) is 2. The lowest BCUT2D eigenvalue weighted by Gasteiger charge is -2.36. The van der Waals surface area contributed by atoms with Gasteiger partial charge >= 0.3 is 6.03 Å². The molecule has 4 nitrogen and oxygen atoms in total. The van der Waals surface area contributed by atoms with Crippen molar-refractivity contribution in [1.29, 1.82) is 0 Å². The smallest absolute Gasteiger partial charge is 0.317 e. The van der Waals surface area contributed by atoms with Crippen LogP contribution in [0.2, 0.25) is 0 Å². The summed E-state index contributed by atoms with van der Waals surface area (Å²) < 4.78 is 0. The largest absolute Gasteiger partial charge is 0.368 e. The van der Waals surface area contributed by atoms with Gasteiger partial charge in [0.05, 0.1) is 0 Å². The number of hydrogen-bond donors (Lipinski definition) is 1. The van der Waals surface area contributed by atoms with Gasteiger partial charge in [-0.25, -0.2) is 4.79 Å². The third kappa shape index (κ3) is 3.88. The van der Waals surface area contributed by atoms with E-state index in [-0.39, 0.29) is 6.03 Å². The number of anilines is 1. The van der Waals surface area contributed by atoms with Crippen LogP contribution in [-0.4, -0.2) is 37.1 Å². The Morgan fingerprint density at radius 1 is 0.958 bits per heavy atom. The molecule has 0 atom stereocenters. The molecule has 1 fully saturated rings. The van der Waals surface area contributed by atoms with Gasteiger partial charge in [-0.05, 0) is 31.0 Å². The van der Waals surface area contributed by atoms with E-state index in [4.69, 9.17) is 0 Å². The SMILES string of the molecule is Cc1ccc(CNC(=O)N2CCN(c3ccccc3C)CC2)cc1. The molecule has 0 spiro atoms. The van der Waals surface area contributed by atoms with Gasteiger partial charge in [0.15, 0.2) is 0 Å². The highest BCUT2D eigenvalue weighted by molar-refractivity contribution is 5.74. The number of carbonyl (C=O) groups excluding carboxylic acids is 1. The van der Waals surface area contributed by atoms with Crippen LogP contribution in [0.4, 0.5) is 10.5 Å². The molecule has 0 aromatic heterocycles. The lowest BCUT2D eigenvalue weighted by Crippen LogP contribution is -2.51. The monoisotopic (exact) mass is 323 g/mol. The van der Waals surface area contributed by atoms with E-state index in [9.17, 15) is 4.79 Å². The summed E-state index contributed by atoms with van der Waals surface area (Å²) in [5, 5.41) is 3.02. The Morgan fingerprint density at radius 3 is 2.29 bits per heavy atom. The average Bonchev–Trinajstić information content (AvgIpc) is 2.61. The van der Waals surface area contributed by atoms with Gasteiger partial charge in [0.2, 0.25) is 0 Å². The van der Waals surface area contributed by atoms with Gasteiger partial charge in [0.25, 0.3) is 0 Å². The zero-order chi connectivity index (χ0) is 16.9. The third-order valence-electron chi connectivity index (χ3n) is 4.59. The van der Waals surface area contributed by atoms with E-state index in [1.165, 1.54) is 16.8 Å². The fourth-order valence-corrected chi connectivity index (χ4v) is 3.06. The van der Waals surface area contributed by atoms with Crippen molar-refractivity contribution < 1.29 is 4.79 Å². The highest BCUT2D eigenvalue weighted by Gasteiger charge is 2.21. The van der Waals surface area contributed by atoms with Crippen molar-refractivity contribution in [3.8, 4) is 0 Å². The minimum Gasteiger partial charge on any atom is -0.368 e. The van der Waals surface area contributed by atoms with Gasteiger partial charge in [-0.3, -0.25) is 0 Å². The number of benzene rings is 2. The number of nitrogens with one attached hydrogen (secondary N) is 1.